The Balaban J connectivity index is 0.000000385. The van der Waals surface area contributed by atoms with E-state index in [0.717, 1.165) is 6.61 Å². The molecule has 1 rings (SSSR count). The quantitative estimate of drug-likeness (QED) is 0.269. The van der Waals surface area contributed by atoms with Crippen LogP contribution >= 0.6 is 0 Å². The second kappa shape index (κ2) is 6.42. The van der Waals surface area contributed by atoms with E-state index >= 15 is 0 Å². The highest BCUT2D eigenvalue weighted by atomic mass is 32.3. The molecule has 0 saturated carbocycles. The van der Waals surface area contributed by atoms with Crippen molar-refractivity contribution in [1.82, 2.24) is 0 Å². The van der Waals surface area contributed by atoms with Crippen LogP contribution in [0.3, 0.4) is 0 Å². The lowest BCUT2D eigenvalue weighted by atomic mass is 10.0. The topological polar surface area (TPSA) is 165 Å². The highest BCUT2D eigenvalue weighted by Crippen LogP contribution is 2.17. The van der Waals surface area contributed by atoms with Crippen molar-refractivity contribution in [1.29, 1.82) is 0 Å². The summed E-state index contributed by atoms with van der Waals surface area (Å²) in [6.07, 6.45) is -4.54. The largest absolute Gasteiger partial charge is 0.394 e. The Bertz CT molecular complexity index is 278. The third kappa shape index (κ3) is 6.30. The molecule has 0 aliphatic carbocycles. The van der Waals surface area contributed by atoms with Crippen LogP contribution in [0.1, 0.15) is 0 Å². The van der Waals surface area contributed by atoms with E-state index in [1.54, 1.807) is 0 Å². The minimum absolute atomic E-state index is 0.387. The number of rotatable bonds is 1. The van der Waals surface area contributed by atoms with Gasteiger partial charge in [-0.25, -0.2) is 0 Å². The zero-order valence-corrected chi connectivity index (χ0v) is 8.73. The van der Waals surface area contributed by atoms with Crippen LogP contribution in [0.5, 0.6) is 0 Å². The molecule has 0 aromatic carbocycles. The maximum atomic E-state index is 9.09. The predicted octanol–water partition coefficient (Wildman–Crippen LogP) is -3.03. The van der Waals surface area contributed by atoms with E-state index in [2.05, 4.69) is 4.74 Å². The van der Waals surface area contributed by atoms with Gasteiger partial charge in [0.05, 0.1) is 6.61 Å². The molecular formula is C6H13O9S. The van der Waals surface area contributed by atoms with Crippen LogP contribution in [-0.4, -0.2) is 69.0 Å². The Labute approximate surface area is 91.5 Å². The third-order valence-electron chi connectivity index (χ3n) is 1.65. The number of hydrogen-bond acceptors (Lipinski definition) is 7. The van der Waals surface area contributed by atoms with Crippen molar-refractivity contribution in [3.63, 3.8) is 0 Å². The Morgan fingerprint density at radius 2 is 1.56 bits per heavy atom. The first kappa shape index (κ1) is 15.7. The van der Waals surface area contributed by atoms with Crippen LogP contribution in [-0.2, 0) is 15.1 Å². The molecule has 9 nitrogen and oxygen atoms in total. The lowest BCUT2D eigenvalue weighted by molar-refractivity contribution is -0.169. The summed E-state index contributed by atoms with van der Waals surface area (Å²) in [6.45, 7) is 0.611. The van der Waals surface area contributed by atoms with Crippen LogP contribution < -0.4 is 0 Å². The molecule has 1 fully saturated rings. The minimum atomic E-state index is -4.67. The molecule has 0 unspecified atom stereocenters. The van der Waals surface area contributed by atoms with Gasteiger partial charge in [-0.3, -0.25) is 9.11 Å². The van der Waals surface area contributed by atoms with Gasteiger partial charge in [-0.1, -0.05) is 0 Å². The fourth-order valence-electron chi connectivity index (χ4n) is 0.915. The van der Waals surface area contributed by atoms with Crippen molar-refractivity contribution in [2.75, 3.05) is 6.61 Å². The second-order valence-corrected chi connectivity index (χ2v) is 3.81. The van der Waals surface area contributed by atoms with Crippen molar-refractivity contribution < 1.29 is 42.7 Å². The first-order valence-electron chi connectivity index (χ1n) is 4.00. The van der Waals surface area contributed by atoms with E-state index in [4.69, 9.17) is 37.9 Å². The lowest BCUT2D eigenvalue weighted by Crippen LogP contribution is -2.52. The van der Waals surface area contributed by atoms with Crippen LogP contribution in [0.15, 0.2) is 0 Å². The number of aliphatic hydroxyl groups excluding tert-OH is 4. The van der Waals surface area contributed by atoms with Gasteiger partial charge in [0.2, 0.25) is 0 Å². The highest BCUT2D eigenvalue weighted by molar-refractivity contribution is 7.79. The summed E-state index contributed by atoms with van der Waals surface area (Å²) in [5.41, 5.74) is 0. The molecule has 0 amide bonds. The lowest BCUT2D eigenvalue weighted by Gasteiger charge is -2.33. The number of hydrogen-bond donors (Lipinski definition) is 6. The van der Waals surface area contributed by atoms with E-state index in [1.807, 2.05) is 0 Å². The van der Waals surface area contributed by atoms with Gasteiger partial charge in [0, 0.05) is 0 Å². The zero-order chi connectivity index (χ0) is 12.9. The molecule has 10 heteroatoms. The molecule has 97 valence electrons. The highest BCUT2D eigenvalue weighted by Gasteiger charge is 2.37. The summed E-state index contributed by atoms with van der Waals surface area (Å²) >= 11 is 0. The average Bonchev–Trinajstić information content (AvgIpc) is 2.12. The zero-order valence-electron chi connectivity index (χ0n) is 7.91. The van der Waals surface area contributed by atoms with Crippen molar-refractivity contribution >= 4 is 10.4 Å². The molecule has 0 aromatic heterocycles. The minimum Gasteiger partial charge on any atom is -0.394 e. The van der Waals surface area contributed by atoms with E-state index in [0.29, 0.717) is 0 Å². The van der Waals surface area contributed by atoms with Crippen LogP contribution in [0.25, 0.3) is 0 Å². The standard InChI is InChI=1S/C6H11O5.H2O4S/c7-1-4-6(10)5(9)3(8)2-11-4;1-5(2,3)4/h2-10H,1H2;(H2,1,2,3,4)/t3-,4+,5+,6-;/m0./s1. The van der Waals surface area contributed by atoms with E-state index in [9.17, 15) is 0 Å². The number of aliphatic hydroxyl groups is 4. The number of ether oxygens (including phenoxy) is 1. The van der Waals surface area contributed by atoms with Crippen molar-refractivity contribution in [3.8, 4) is 0 Å². The summed E-state index contributed by atoms with van der Waals surface area (Å²) in [4.78, 5) is 0. The van der Waals surface area contributed by atoms with Gasteiger partial charge >= 0.3 is 10.4 Å². The molecule has 16 heavy (non-hydrogen) atoms. The fourth-order valence-corrected chi connectivity index (χ4v) is 0.915. The summed E-state index contributed by atoms with van der Waals surface area (Å²) in [5, 5.41) is 35.6. The smallest absolute Gasteiger partial charge is 0.394 e. The maximum absolute atomic E-state index is 9.09. The fraction of sp³-hybridized carbons (Fsp3) is 0.833. The Kier molecular flexibility index (Phi) is 6.28. The summed E-state index contributed by atoms with van der Waals surface area (Å²) < 4.78 is 36.3. The van der Waals surface area contributed by atoms with Gasteiger partial charge in [0.25, 0.3) is 0 Å². The van der Waals surface area contributed by atoms with Crippen molar-refractivity contribution in [3.05, 3.63) is 6.61 Å². The van der Waals surface area contributed by atoms with Gasteiger partial charge in [-0.15, -0.1) is 0 Å². The molecule has 1 aliphatic rings. The predicted molar refractivity (Wildman–Crippen MR) is 48.5 cm³/mol. The normalized spacial score (nSPS) is 35.1. The Morgan fingerprint density at radius 3 is 1.94 bits per heavy atom. The summed E-state index contributed by atoms with van der Waals surface area (Å²) in [5.74, 6) is 0. The summed E-state index contributed by atoms with van der Waals surface area (Å²) in [6, 6.07) is 0. The molecule has 1 heterocycles. The molecule has 1 aliphatic heterocycles. The van der Waals surface area contributed by atoms with Gasteiger partial charge in [0.15, 0.2) is 0 Å². The third-order valence-corrected chi connectivity index (χ3v) is 1.65. The summed E-state index contributed by atoms with van der Waals surface area (Å²) in [7, 11) is -4.67. The molecular weight excluding hydrogens is 248 g/mol. The van der Waals surface area contributed by atoms with Crippen molar-refractivity contribution in [2.45, 2.75) is 24.4 Å². The maximum Gasteiger partial charge on any atom is 0.394 e. The molecule has 4 atom stereocenters. The molecule has 1 radical (unpaired) electrons. The molecule has 6 N–H and O–H groups in total. The SMILES string of the molecule is O=S(=O)(O)O.OC[C@H]1O[CH][C@H](O)[C@@H](O)[C@H]1O. The van der Waals surface area contributed by atoms with Gasteiger partial charge < -0.3 is 25.2 Å². The first-order valence-corrected chi connectivity index (χ1v) is 5.40. The monoisotopic (exact) mass is 261 g/mol. The molecule has 0 aromatic rings. The molecule has 1 saturated heterocycles. The average molecular weight is 261 g/mol. The Morgan fingerprint density at radius 1 is 1.12 bits per heavy atom. The van der Waals surface area contributed by atoms with Crippen molar-refractivity contribution in [2.24, 2.45) is 0 Å². The molecule has 0 bridgehead atoms. The first-order chi connectivity index (χ1) is 7.16. The van der Waals surface area contributed by atoms with Gasteiger partial charge in [-0.2, -0.15) is 8.42 Å². The van der Waals surface area contributed by atoms with Crippen LogP contribution in [0.4, 0.5) is 0 Å². The van der Waals surface area contributed by atoms with Gasteiger partial charge in [0.1, 0.15) is 31.0 Å². The van der Waals surface area contributed by atoms with E-state index in [1.165, 1.54) is 0 Å². The van der Waals surface area contributed by atoms with E-state index in [-0.39, 0.29) is 6.61 Å². The molecule has 0 spiro atoms. The van der Waals surface area contributed by atoms with E-state index < -0.39 is 34.8 Å². The van der Waals surface area contributed by atoms with Gasteiger partial charge in [-0.05, 0) is 0 Å². The second-order valence-electron chi connectivity index (χ2n) is 2.91. The Hall–Kier alpha value is -0.330. The van der Waals surface area contributed by atoms with Crippen LogP contribution in [0.2, 0.25) is 0 Å². The van der Waals surface area contributed by atoms with Crippen LogP contribution in [0, 0.1) is 6.61 Å².